The van der Waals surface area contributed by atoms with E-state index < -0.39 is 12.2 Å². The second-order valence-corrected chi connectivity index (χ2v) is 4.22. The maximum Gasteiger partial charge on any atom is 0.0862 e. The van der Waals surface area contributed by atoms with Gasteiger partial charge >= 0.3 is 0 Å². The minimum absolute atomic E-state index is 0.391. The highest BCUT2D eigenvalue weighted by atomic mass is 16.3. The Morgan fingerprint density at radius 3 is 2.69 bits per heavy atom. The van der Waals surface area contributed by atoms with Gasteiger partial charge in [-0.1, -0.05) is 0 Å². The number of hydrogen-bond donors (Lipinski definition) is 3. The number of nitrogens with two attached hydrogens (primary N) is 1. The van der Waals surface area contributed by atoms with Gasteiger partial charge < -0.3 is 20.8 Å². The van der Waals surface area contributed by atoms with Crippen molar-refractivity contribution in [3.8, 4) is 0 Å². The molecule has 6 nitrogen and oxygen atoms in total. The molecule has 1 rings (SSSR count). The molecule has 0 aliphatic rings. The molecule has 0 aliphatic heterocycles. The second kappa shape index (κ2) is 5.83. The summed E-state index contributed by atoms with van der Waals surface area (Å²) >= 11 is 0. The van der Waals surface area contributed by atoms with E-state index in [2.05, 4.69) is 5.10 Å². The van der Waals surface area contributed by atoms with Crippen molar-refractivity contribution in [1.82, 2.24) is 14.7 Å². The van der Waals surface area contributed by atoms with Crippen LogP contribution >= 0.6 is 0 Å². The van der Waals surface area contributed by atoms with Crippen LogP contribution < -0.4 is 5.73 Å². The number of nitrogens with zero attached hydrogens (tertiary/aromatic N) is 3. The van der Waals surface area contributed by atoms with Gasteiger partial charge in [0.1, 0.15) is 0 Å². The summed E-state index contributed by atoms with van der Waals surface area (Å²) in [6, 6.07) is 0. The van der Waals surface area contributed by atoms with Crippen LogP contribution in [0.3, 0.4) is 0 Å². The predicted molar refractivity (Wildman–Crippen MR) is 61.8 cm³/mol. The van der Waals surface area contributed by atoms with Crippen molar-refractivity contribution < 1.29 is 10.2 Å². The number of nitrogen functional groups attached to an aromatic ring is 1. The minimum Gasteiger partial charge on any atom is -0.396 e. The van der Waals surface area contributed by atoms with Crippen molar-refractivity contribution in [1.29, 1.82) is 0 Å². The zero-order valence-corrected chi connectivity index (χ0v) is 9.74. The fourth-order valence-electron chi connectivity index (χ4n) is 1.64. The average molecular weight is 228 g/mol. The summed E-state index contributed by atoms with van der Waals surface area (Å²) in [4.78, 5) is 1.88. The van der Waals surface area contributed by atoms with E-state index in [1.807, 2.05) is 11.9 Å². The van der Waals surface area contributed by atoms with Gasteiger partial charge in [0.25, 0.3) is 0 Å². The van der Waals surface area contributed by atoms with E-state index in [0.29, 0.717) is 25.3 Å². The molecule has 0 radical (unpaired) electrons. The van der Waals surface area contributed by atoms with Gasteiger partial charge in [0.05, 0.1) is 30.6 Å². The first kappa shape index (κ1) is 13.0. The molecule has 2 unspecified atom stereocenters. The molecule has 0 saturated carbocycles. The van der Waals surface area contributed by atoms with Crippen LogP contribution in [0.1, 0.15) is 6.92 Å². The zero-order chi connectivity index (χ0) is 12.1. The summed E-state index contributed by atoms with van der Waals surface area (Å²) in [7, 11) is 1.85. The van der Waals surface area contributed by atoms with Crippen molar-refractivity contribution in [3.05, 3.63) is 12.4 Å². The summed E-state index contributed by atoms with van der Waals surface area (Å²) in [5.41, 5.74) is 6.10. The Labute approximate surface area is 95.3 Å². The van der Waals surface area contributed by atoms with Gasteiger partial charge in [-0.3, -0.25) is 4.68 Å². The van der Waals surface area contributed by atoms with Crippen molar-refractivity contribution in [2.24, 2.45) is 0 Å². The fraction of sp³-hybridized carbons (Fsp3) is 0.700. The maximum absolute atomic E-state index is 9.77. The first-order valence-electron chi connectivity index (χ1n) is 5.30. The Balaban J connectivity index is 2.32. The number of aromatic nitrogens is 2. The zero-order valence-electron chi connectivity index (χ0n) is 9.74. The number of hydrogen-bond acceptors (Lipinski definition) is 5. The minimum atomic E-state index is -0.525. The molecule has 0 saturated heterocycles. The predicted octanol–water partition coefficient (Wildman–Crippen LogP) is -0.861. The maximum atomic E-state index is 9.77. The van der Waals surface area contributed by atoms with Gasteiger partial charge in [-0.25, -0.2) is 0 Å². The highest BCUT2D eigenvalue weighted by Crippen LogP contribution is 2.00. The van der Waals surface area contributed by atoms with E-state index in [1.165, 1.54) is 0 Å². The highest BCUT2D eigenvalue weighted by Gasteiger charge is 2.11. The Morgan fingerprint density at radius 1 is 1.50 bits per heavy atom. The van der Waals surface area contributed by atoms with Crippen molar-refractivity contribution in [2.45, 2.75) is 25.7 Å². The van der Waals surface area contributed by atoms with Gasteiger partial charge in [0, 0.05) is 19.3 Å². The monoisotopic (exact) mass is 228 g/mol. The van der Waals surface area contributed by atoms with Crippen LogP contribution in [0.4, 0.5) is 5.69 Å². The highest BCUT2D eigenvalue weighted by molar-refractivity contribution is 5.30. The summed E-state index contributed by atoms with van der Waals surface area (Å²) in [5.74, 6) is 0. The molecule has 1 aromatic heterocycles. The normalized spacial score (nSPS) is 15.3. The van der Waals surface area contributed by atoms with E-state index in [-0.39, 0.29) is 0 Å². The van der Waals surface area contributed by atoms with Crippen molar-refractivity contribution >= 4 is 5.69 Å². The van der Waals surface area contributed by atoms with Crippen molar-refractivity contribution in [3.63, 3.8) is 0 Å². The molecule has 1 heterocycles. The molecule has 0 spiro atoms. The Bertz CT molecular complexity index is 314. The lowest BCUT2D eigenvalue weighted by atomic mass is 10.3. The van der Waals surface area contributed by atoms with Gasteiger partial charge in [0.15, 0.2) is 0 Å². The topological polar surface area (TPSA) is 87.5 Å². The standard InChI is InChI=1S/C10H20N4O2/c1-8(15)4-13(2)6-10(16)7-14-5-9(11)3-12-14/h3,5,8,10,15-16H,4,6-7,11H2,1-2H3. The van der Waals surface area contributed by atoms with E-state index >= 15 is 0 Å². The van der Waals surface area contributed by atoms with Crippen LogP contribution in [0, 0.1) is 0 Å². The second-order valence-electron chi connectivity index (χ2n) is 4.22. The molecule has 4 N–H and O–H groups in total. The summed E-state index contributed by atoms with van der Waals surface area (Å²) in [5, 5.41) is 22.9. The molecule has 2 atom stereocenters. The molecular formula is C10H20N4O2. The van der Waals surface area contributed by atoms with E-state index in [9.17, 15) is 10.2 Å². The fourth-order valence-corrected chi connectivity index (χ4v) is 1.64. The quantitative estimate of drug-likeness (QED) is 0.589. The van der Waals surface area contributed by atoms with Gasteiger partial charge in [-0.15, -0.1) is 0 Å². The lowest BCUT2D eigenvalue weighted by molar-refractivity contribution is 0.0794. The van der Waals surface area contributed by atoms with Crippen LogP contribution in [0.25, 0.3) is 0 Å². The molecule has 0 amide bonds. The molecule has 0 aromatic carbocycles. The van der Waals surface area contributed by atoms with Crippen molar-refractivity contribution in [2.75, 3.05) is 25.9 Å². The largest absolute Gasteiger partial charge is 0.396 e. The van der Waals surface area contributed by atoms with E-state index in [4.69, 9.17) is 5.73 Å². The first-order valence-corrected chi connectivity index (χ1v) is 5.30. The van der Waals surface area contributed by atoms with Gasteiger partial charge in [-0.2, -0.15) is 5.10 Å². The summed E-state index contributed by atoms with van der Waals surface area (Å²) in [6.07, 6.45) is 2.31. The molecule has 6 heteroatoms. The molecule has 92 valence electrons. The third-order valence-electron chi connectivity index (χ3n) is 2.15. The smallest absolute Gasteiger partial charge is 0.0862 e. The SMILES string of the molecule is CC(O)CN(C)CC(O)Cn1cc(N)cn1. The van der Waals surface area contributed by atoms with Crippen LogP contribution in [-0.2, 0) is 6.54 Å². The third kappa shape index (κ3) is 4.61. The molecular weight excluding hydrogens is 208 g/mol. The summed E-state index contributed by atoms with van der Waals surface area (Å²) in [6.45, 7) is 3.15. The Morgan fingerprint density at radius 2 is 2.19 bits per heavy atom. The lowest BCUT2D eigenvalue weighted by Crippen LogP contribution is -2.36. The Kier molecular flexibility index (Phi) is 4.72. The van der Waals surface area contributed by atoms with Gasteiger partial charge in [0.2, 0.25) is 0 Å². The first-order chi connectivity index (χ1) is 7.47. The van der Waals surface area contributed by atoms with Gasteiger partial charge in [-0.05, 0) is 14.0 Å². The third-order valence-corrected chi connectivity index (χ3v) is 2.15. The number of anilines is 1. The number of aliphatic hydroxyl groups is 2. The number of aliphatic hydroxyl groups excluding tert-OH is 2. The van der Waals surface area contributed by atoms with Crippen LogP contribution in [0.15, 0.2) is 12.4 Å². The van der Waals surface area contributed by atoms with Crippen LogP contribution in [-0.4, -0.2) is 57.2 Å². The molecule has 0 bridgehead atoms. The lowest BCUT2D eigenvalue weighted by Gasteiger charge is -2.21. The summed E-state index contributed by atoms with van der Waals surface area (Å²) < 4.78 is 1.61. The van der Waals surface area contributed by atoms with E-state index in [1.54, 1.807) is 24.0 Å². The van der Waals surface area contributed by atoms with E-state index in [0.717, 1.165) is 0 Å². The number of likely N-dealkylation sites (N-methyl/N-ethyl adjacent to an activating group) is 1. The van der Waals surface area contributed by atoms with Crippen LogP contribution in [0.2, 0.25) is 0 Å². The molecule has 0 fully saturated rings. The van der Waals surface area contributed by atoms with Crippen LogP contribution in [0.5, 0.6) is 0 Å². The molecule has 1 aromatic rings. The average Bonchev–Trinajstić information content (AvgIpc) is 2.48. The molecule has 0 aliphatic carbocycles. The molecule has 16 heavy (non-hydrogen) atoms. The Hall–Kier alpha value is -1.11. The number of rotatable bonds is 6.